The Morgan fingerprint density at radius 1 is 1.18 bits per heavy atom. The second kappa shape index (κ2) is 6.54. The number of anilines is 1. The monoisotopic (exact) mass is 409 g/mol. The molecule has 0 bridgehead atoms. The maximum atomic E-state index is 12.6. The van der Waals surface area contributed by atoms with Crippen LogP contribution in [0.15, 0.2) is 57.9 Å². The average Bonchev–Trinajstić information content (AvgIpc) is 2.76. The summed E-state index contributed by atoms with van der Waals surface area (Å²) in [6.45, 7) is 0. The molecular formula is C16H9BrClNOS2. The maximum absolute atomic E-state index is 12.6. The molecule has 2 aromatic carbocycles. The third-order valence-electron chi connectivity index (χ3n) is 3.03. The molecule has 1 amide bonds. The van der Waals surface area contributed by atoms with E-state index in [9.17, 15) is 4.79 Å². The van der Waals surface area contributed by atoms with Crippen LogP contribution in [0.4, 0.5) is 5.69 Å². The lowest BCUT2D eigenvalue weighted by molar-refractivity contribution is -0.113. The first kappa shape index (κ1) is 15.7. The summed E-state index contributed by atoms with van der Waals surface area (Å²) in [5.41, 5.74) is 1.64. The van der Waals surface area contributed by atoms with E-state index >= 15 is 0 Å². The van der Waals surface area contributed by atoms with Crippen molar-refractivity contribution in [3.63, 3.8) is 0 Å². The molecule has 2 aromatic rings. The van der Waals surface area contributed by atoms with Gasteiger partial charge in [0.25, 0.3) is 5.91 Å². The fourth-order valence-electron chi connectivity index (χ4n) is 2.02. The summed E-state index contributed by atoms with van der Waals surface area (Å²) in [5, 5.41) is 0.573. The molecule has 0 saturated carbocycles. The minimum absolute atomic E-state index is 0.125. The zero-order chi connectivity index (χ0) is 15.7. The number of carbonyl (C=O) groups excluding carboxylic acids is 1. The minimum atomic E-state index is -0.125. The lowest BCUT2D eigenvalue weighted by Gasteiger charge is -2.14. The molecule has 2 nitrogen and oxygen atoms in total. The first-order chi connectivity index (χ1) is 10.5. The number of hydrogen-bond donors (Lipinski definition) is 0. The van der Waals surface area contributed by atoms with Gasteiger partial charge in [0.1, 0.15) is 0 Å². The van der Waals surface area contributed by atoms with Crippen LogP contribution in [0.2, 0.25) is 5.02 Å². The maximum Gasteiger partial charge on any atom is 0.270 e. The topological polar surface area (TPSA) is 20.3 Å². The van der Waals surface area contributed by atoms with Crippen molar-refractivity contribution in [2.24, 2.45) is 0 Å². The highest BCUT2D eigenvalue weighted by atomic mass is 79.9. The molecule has 22 heavy (non-hydrogen) atoms. The van der Waals surface area contributed by atoms with Crippen molar-refractivity contribution >= 4 is 73.5 Å². The summed E-state index contributed by atoms with van der Waals surface area (Å²) in [7, 11) is 0. The Hall–Kier alpha value is -1.14. The quantitative estimate of drug-likeness (QED) is 0.481. The summed E-state index contributed by atoms with van der Waals surface area (Å²) < 4.78 is 1.51. The Morgan fingerprint density at radius 2 is 1.91 bits per heavy atom. The Balaban J connectivity index is 1.93. The molecular weight excluding hydrogens is 402 g/mol. The van der Waals surface area contributed by atoms with Crippen LogP contribution in [-0.2, 0) is 4.79 Å². The molecule has 0 unspecified atom stereocenters. The number of nitrogens with zero attached hydrogens (tertiary/aromatic N) is 1. The number of halogens is 2. The molecule has 1 heterocycles. The molecule has 0 aromatic heterocycles. The van der Waals surface area contributed by atoms with Gasteiger partial charge >= 0.3 is 0 Å². The molecule has 0 spiro atoms. The van der Waals surface area contributed by atoms with E-state index in [4.69, 9.17) is 23.8 Å². The van der Waals surface area contributed by atoms with Crippen LogP contribution in [0, 0.1) is 0 Å². The summed E-state index contributed by atoms with van der Waals surface area (Å²) in [4.78, 5) is 14.7. The Labute approximate surface area is 151 Å². The average molecular weight is 411 g/mol. The molecule has 1 fully saturated rings. The van der Waals surface area contributed by atoms with Gasteiger partial charge in [-0.05, 0) is 42.0 Å². The van der Waals surface area contributed by atoms with Gasteiger partial charge in [-0.3, -0.25) is 9.69 Å². The van der Waals surface area contributed by atoms with Gasteiger partial charge < -0.3 is 0 Å². The molecule has 0 aliphatic carbocycles. The normalized spacial score (nSPS) is 16.6. The van der Waals surface area contributed by atoms with Crippen LogP contribution in [0.25, 0.3) is 6.08 Å². The van der Waals surface area contributed by atoms with Crippen LogP contribution >= 0.6 is 51.5 Å². The number of hydrogen-bond acceptors (Lipinski definition) is 3. The molecule has 0 radical (unpaired) electrons. The molecule has 0 atom stereocenters. The van der Waals surface area contributed by atoms with Crippen molar-refractivity contribution in [3.8, 4) is 0 Å². The highest BCUT2D eigenvalue weighted by molar-refractivity contribution is 9.10. The zero-order valence-electron chi connectivity index (χ0n) is 11.1. The van der Waals surface area contributed by atoms with E-state index in [-0.39, 0.29) is 5.91 Å². The molecule has 3 rings (SSSR count). The number of rotatable bonds is 2. The second-order valence-electron chi connectivity index (χ2n) is 4.55. The number of amides is 1. The smallest absolute Gasteiger partial charge is 0.268 e. The van der Waals surface area contributed by atoms with E-state index in [1.165, 1.54) is 16.7 Å². The van der Waals surface area contributed by atoms with E-state index < -0.39 is 0 Å². The van der Waals surface area contributed by atoms with Crippen molar-refractivity contribution in [1.82, 2.24) is 0 Å². The van der Waals surface area contributed by atoms with Gasteiger partial charge in [0.05, 0.1) is 10.6 Å². The van der Waals surface area contributed by atoms with E-state index in [0.717, 1.165) is 10.0 Å². The predicted molar refractivity (Wildman–Crippen MR) is 101 cm³/mol. The zero-order valence-corrected chi connectivity index (χ0v) is 15.1. The SMILES string of the molecule is O=C1/C(=C/c2ccc(Br)cc2)SC(=S)N1c1cccc(Cl)c1. The lowest BCUT2D eigenvalue weighted by Crippen LogP contribution is -2.27. The largest absolute Gasteiger partial charge is 0.270 e. The Bertz CT molecular complexity index is 789. The minimum Gasteiger partial charge on any atom is -0.268 e. The van der Waals surface area contributed by atoms with Gasteiger partial charge in [0, 0.05) is 9.50 Å². The van der Waals surface area contributed by atoms with Gasteiger partial charge in [-0.1, -0.05) is 69.7 Å². The Kier molecular flexibility index (Phi) is 4.68. The summed E-state index contributed by atoms with van der Waals surface area (Å²) in [6, 6.07) is 14.9. The fourth-order valence-corrected chi connectivity index (χ4v) is 3.76. The van der Waals surface area contributed by atoms with Gasteiger partial charge in [0.15, 0.2) is 4.32 Å². The van der Waals surface area contributed by atoms with E-state index in [0.29, 0.717) is 19.9 Å². The highest BCUT2D eigenvalue weighted by Crippen LogP contribution is 2.36. The van der Waals surface area contributed by atoms with E-state index in [2.05, 4.69) is 15.9 Å². The van der Waals surface area contributed by atoms with Crippen LogP contribution in [0.3, 0.4) is 0 Å². The number of thioether (sulfide) groups is 1. The second-order valence-corrected chi connectivity index (χ2v) is 7.58. The molecule has 1 aliphatic rings. The standard InChI is InChI=1S/C16H9BrClNOS2/c17-11-6-4-10(5-7-11)8-14-15(20)19(16(21)22-14)13-3-1-2-12(18)9-13/h1-9H/b14-8-. The highest BCUT2D eigenvalue weighted by Gasteiger charge is 2.33. The Morgan fingerprint density at radius 3 is 2.59 bits per heavy atom. The van der Waals surface area contributed by atoms with E-state index in [1.807, 2.05) is 36.4 Å². The van der Waals surface area contributed by atoms with Crippen molar-refractivity contribution in [2.75, 3.05) is 4.90 Å². The van der Waals surface area contributed by atoms with Crippen LogP contribution in [0.5, 0.6) is 0 Å². The summed E-state index contributed by atoms with van der Waals surface area (Å²) >= 11 is 16.0. The third kappa shape index (κ3) is 3.27. The van der Waals surface area contributed by atoms with Gasteiger partial charge in [-0.15, -0.1) is 0 Å². The molecule has 6 heteroatoms. The van der Waals surface area contributed by atoms with Gasteiger partial charge in [0.2, 0.25) is 0 Å². The van der Waals surface area contributed by atoms with Crippen LogP contribution in [0.1, 0.15) is 5.56 Å². The van der Waals surface area contributed by atoms with Gasteiger partial charge in [-0.2, -0.15) is 0 Å². The fraction of sp³-hybridized carbons (Fsp3) is 0. The molecule has 0 N–H and O–H groups in total. The first-order valence-electron chi connectivity index (χ1n) is 6.34. The van der Waals surface area contributed by atoms with Crippen LogP contribution in [-0.4, -0.2) is 10.2 Å². The van der Waals surface area contributed by atoms with E-state index in [1.54, 1.807) is 18.2 Å². The number of carbonyl (C=O) groups is 1. The first-order valence-corrected chi connectivity index (χ1v) is 8.73. The number of benzene rings is 2. The predicted octanol–water partition coefficient (Wildman–Crippen LogP) is 5.51. The number of thiocarbonyl (C=S) groups is 1. The van der Waals surface area contributed by atoms with Crippen molar-refractivity contribution in [1.29, 1.82) is 0 Å². The van der Waals surface area contributed by atoms with Crippen molar-refractivity contribution in [3.05, 3.63) is 68.5 Å². The summed E-state index contributed by atoms with van der Waals surface area (Å²) in [5.74, 6) is -0.125. The molecule has 1 saturated heterocycles. The molecule has 1 aliphatic heterocycles. The van der Waals surface area contributed by atoms with Crippen molar-refractivity contribution < 1.29 is 4.79 Å². The summed E-state index contributed by atoms with van der Waals surface area (Å²) in [6.07, 6.45) is 1.84. The third-order valence-corrected chi connectivity index (χ3v) is 5.09. The van der Waals surface area contributed by atoms with Crippen LogP contribution < -0.4 is 4.90 Å². The lowest BCUT2D eigenvalue weighted by atomic mass is 10.2. The van der Waals surface area contributed by atoms with Gasteiger partial charge in [-0.25, -0.2) is 0 Å². The molecule has 110 valence electrons. The van der Waals surface area contributed by atoms with Crippen molar-refractivity contribution in [2.45, 2.75) is 0 Å².